The molecule has 0 radical (unpaired) electrons. The number of nitrogens with zero attached hydrogens (tertiary/aromatic N) is 2. The number of benzene rings is 1. The smallest absolute Gasteiger partial charge is 0.318 e. The Morgan fingerprint density at radius 1 is 1.03 bits per heavy atom. The van der Waals surface area contributed by atoms with Gasteiger partial charge in [-0.15, -0.1) is 0 Å². The van der Waals surface area contributed by atoms with E-state index in [2.05, 4.69) is 52.5 Å². The van der Waals surface area contributed by atoms with Gasteiger partial charge in [-0.2, -0.15) is 0 Å². The lowest BCUT2D eigenvalue weighted by atomic mass is 9.52. The molecular weight excluding hydrogens is 374 g/mol. The van der Waals surface area contributed by atoms with Crippen molar-refractivity contribution in [3.05, 3.63) is 30.3 Å². The number of rotatable bonds is 3. The Hall–Kier alpha value is -1.75. The van der Waals surface area contributed by atoms with Crippen molar-refractivity contribution in [2.75, 3.05) is 11.9 Å². The third kappa shape index (κ3) is 3.04. The van der Waals surface area contributed by atoms with Crippen molar-refractivity contribution in [1.82, 2.24) is 10.2 Å². The van der Waals surface area contributed by atoms with Crippen LogP contribution in [0.5, 0.6) is 0 Å². The highest BCUT2D eigenvalue weighted by Gasteiger charge is 2.55. The average Bonchev–Trinajstić information content (AvgIpc) is 2.99. The molecule has 2 unspecified atom stereocenters. The first-order valence-electron chi connectivity index (χ1n) is 12.1. The van der Waals surface area contributed by atoms with Gasteiger partial charge in [-0.3, -0.25) is 0 Å². The zero-order chi connectivity index (χ0) is 20.5. The minimum atomic E-state index is -0.433. The number of urea groups is 1. The Morgan fingerprint density at radius 2 is 1.67 bits per heavy atom. The third-order valence-electron chi connectivity index (χ3n) is 9.18. The van der Waals surface area contributed by atoms with Crippen LogP contribution in [0.3, 0.4) is 0 Å². The number of nitrogens with one attached hydrogen (secondary N) is 1. The molecule has 7 rings (SSSR count). The molecule has 2 aliphatic heterocycles. The molecule has 0 spiro atoms. The molecule has 0 aromatic heterocycles. The number of para-hydroxylation sites is 1. The summed E-state index contributed by atoms with van der Waals surface area (Å²) in [6, 6.07) is 12.3. The number of hydrogen-bond acceptors (Lipinski definition) is 3. The summed E-state index contributed by atoms with van der Waals surface area (Å²) in [5.41, 5.74) is 0.836. The Labute approximate surface area is 179 Å². The molecule has 5 nitrogen and oxygen atoms in total. The SMILES string of the molecule is CN(c1ccccc1)[C@H]1C[C@H]2CC[C@@H](C1)N2C(=O)N[C@H]1C2CC3CC1C[C@](O)(C3)C2. The van der Waals surface area contributed by atoms with E-state index in [1.807, 2.05) is 0 Å². The predicted molar refractivity (Wildman–Crippen MR) is 117 cm³/mol. The molecule has 6 bridgehead atoms. The number of carbonyl (C=O) groups is 1. The average molecular weight is 410 g/mol. The van der Waals surface area contributed by atoms with Crippen LogP contribution in [-0.2, 0) is 0 Å². The number of carbonyl (C=O) groups excluding carboxylic acids is 1. The fraction of sp³-hybridized carbons (Fsp3) is 0.720. The van der Waals surface area contributed by atoms with Crippen molar-refractivity contribution < 1.29 is 9.90 Å². The number of piperidine rings is 1. The number of hydrogen-bond donors (Lipinski definition) is 2. The first-order chi connectivity index (χ1) is 14.5. The lowest BCUT2D eigenvalue weighted by Gasteiger charge is -2.58. The van der Waals surface area contributed by atoms with Crippen LogP contribution in [0.25, 0.3) is 0 Å². The van der Waals surface area contributed by atoms with Gasteiger partial charge in [0.15, 0.2) is 0 Å². The van der Waals surface area contributed by atoms with Gasteiger partial charge in [0, 0.05) is 36.9 Å². The first-order valence-corrected chi connectivity index (χ1v) is 12.1. The normalized spacial score (nSPS) is 43.7. The summed E-state index contributed by atoms with van der Waals surface area (Å²) in [6.45, 7) is 0. The number of fused-ring (bicyclic) bond motifs is 2. The Balaban J connectivity index is 1.13. The minimum Gasteiger partial charge on any atom is -0.390 e. The molecule has 1 aromatic carbocycles. The van der Waals surface area contributed by atoms with Crippen LogP contribution in [0.4, 0.5) is 10.5 Å². The molecule has 5 atom stereocenters. The standard InChI is InChI=1S/C25H35N3O2/c1-27(19-5-3-2-4-6-19)22-11-20-7-8-21(12-22)28(20)24(29)26-23-17-9-16-10-18(23)15-25(30,13-16)14-17/h2-6,16-18,20-23,30H,7-15H2,1H3,(H,26,29)/t16?,17?,18?,20-,21+,22+,23-,25-. The van der Waals surface area contributed by atoms with Gasteiger partial charge >= 0.3 is 6.03 Å². The van der Waals surface area contributed by atoms with Crippen LogP contribution in [0.1, 0.15) is 57.8 Å². The lowest BCUT2D eigenvalue weighted by Crippen LogP contribution is -2.64. The number of anilines is 1. The third-order valence-corrected chi connectivity index (χ3v) is 9.18. The van der Waals surface area contributed by atoms with Gasteiger partial charge in [0.25, 0.3) is 0 Å². The van der Waals surface area contributed by atoms with Gasteiger partial charge in [0.05, 0.1) is 5.60 Å². The molecule has 6 aliphatic rings. The van der Waals surface area contributed by atoms with E-state index in [9.17, 15) is 9.90 Å². The highest BCUT2D eigenvalue weighted by molar-refractivity contribution is 5.76. The van der Waals surface area contributed by atoms with E-state index in [0.717, 1.165) is 44.9 Å². The van der Waals surface area contributed by atoms with Crippen molar-refractivity contribution in [1.29, 1.82) is 0 Å². The molecule has 162 valence electrons. The van der Waals surface area contributed by atoms with Crippen LogP contribution in [-0.4, -0.2) is 52.9 Å². The maximum atomic E-state index is 13.4. The van der Waals surface area contributed by atoms with Gasteiger partial charge in [-0.1, -0.05) is 18.2 Å². The second kappa shape index (κ2) is 6.88. The molecule has 5 heteroatoms. The maximum Gasteiger partial charge on any atom is 0.318 e. The monoisotopic (exact) mass is 409 g/mol. The lowest BCUT2D eigenvalue weighted by molar-refractivity contribution is -0.137. The summed E-state index contributed by atoms with van der Waals surface area (Å²) in [4.78, 5) is 18.0. The van der Waals surface area contributed by atoms with Gasteiger partial charge in [-0.05, 0) is 87.7 Å². The fourth-order valence-electron chi connectivity index (χ4n) is 8.10. The Kier molecular flexibility index (Phi) is 4.35. The zero-order valence-electron chi connectivity index (χ0n) is 18.0. The fourth-order valence-corrected chi connectivity index (χ4v) is 8.10. The van der Waals surface area contributed by atoms with Gasteiger partial charge in [0.2, 0.25) is 0 Å². The first kappa shape index (κ1) is 19.0. The molecule has 2 heterocycles. The van der Waals surface area contributed by atoms with E-state index < -0.39 is 5.60 Å². The zero-order valence-corrected chi connectivity index (χ0v) is 18.0. The van der Waals surface area contributed by atoms with Crippen LogP contribution in [0.2, 0.25) is 0 Å². The second-order valence-corrected chi connectivity index (χ2v) is 11.0. The van der Waals surface area contributed by atoms with Crippen LogP contribution in [0, 0.1) is 17.8 Å². The molecule has 2 N–H and O–H groups in total. The van der Waals surface area contributed by atoms with Crippen molar-refractivity contribution in [3.8, 4) is 0 Å². The molecule has 2 saturated heterocycles. The summed E-state index contributed by atoms with van der Waals surface area (Å²) in [5, 5.41) is 14.3. The van der Waals surface area contributed by atoms with Crippen LogP contribution >= 0.6 is 0 Å². The van der Waals surface area contributed by atoms with Crippen molar-refractivity contribution in [2.45, 2.75) is 87.6 Å². The largest absolute Gasteiger partial charge is 0.390 e. The van der Waals surface area contributed by atoms with Crippen LogP contribution < -0.4 is 10.2 Å². The number of aliphatic hydroxyl groups is 1. The van der Waals surface area contributed by atoms with Gasteiger partial charge in [-0.25, -0.2) is 4.79 Å². The Morgan fingerprint density at radius 3 is 2.27 bits per heavy atom. The van der Waals surface area contributed by atoms with E-state index in [-0.39, 0.29) is 12.1 Å². The molecular formula is C25H35N3O2. The van der Waals surface area contributed by atoms with Crippen molar-refractivity contribution >= 4 is 11.7 Å². The van der Waals surface area contributed by atoms with Crippen molar-refractivity contribution in [3.63, 3.8) is 0 Å². The molecule has 1 aromatic rings. The molecule has 30 heavy (non-hydrogen) atoms. The van der Waals surface area contributed by atoms with E-state index in [4.69, 9.17) is 0 Å². The topological polar surface area (TPSA) is 55.8 Å². The Bertz CT molecular complexity index is 784. The highest BCUT2D eigenvalue weighted by Crippen LogP contribution is 2.55. The van der Waals surface area contributed by atoms with Gasteiger partial charge < -0.3 is 20.2 Å². The molecule has 4 aliphatic carbocycles. The second-order valence-electron chi connectivity index (χ2n) is 11.0. The maximum absolute atomic E-state index is 13.4. The summed E-state index contributed by atoms with van der Waals surface area (Å²) in [6.07, 6.45) is 9.56. The predicted octanol–water partition coefficient (Wildman–Crippen LogP) is 3.77. The molecule has 6 fully saturated rings. The summed E-state index contributed by atoms with van der Waals surface area (Å²) < 4.78 is 0. The van der Waals surface area contributed by atoms with E-state index in [1.54, 1.807) is 0 Å². The van der Waals surface area contributed by atoms with E-state index in [0.29, 0.717) is 35.9 Å². The van der Waals surface area contributed by atoms with E-state index in [1.165, 1.54) is 18.5 Å². The summed E-state index contributed by atoms with van der Waals surface area (Å²) in [7, 11) is 2.20. The minimum absolute atomic E-state index is 0.174. The number of amides is 2. The molecule has 2 amide bonds. The summed E-state index contributed by atoms with van der Waals surface area (Å²) >= 11 is 0. The van der Waals surface area contributed by atoms with Gasteiger partial charge in [0.1, 0.15) is 0 Å². The van der Waals surface area contributed by atoms with E-state index >= 15 is 0 Å². The summed E-state index contributed by atoms with van der Waals surface area (Å²) in [5.74, 6) is 1.63. The van der Waals surface area contributed by atoms with Crippen LogP contribution in [0.15, 0.2) is 30.3 Å². The molecule has 4 saturated carbocycles. The van der Waals surface area contributed by atoms with Crippen molar-refractivity contribution in [2.24, 2.45) is 17.8 Å². The highest BCUT2D eigenvalue weighted by atomic mass is 16.3. The quantitative estimate of drug-likeness (QED) is 0.799.